The van der Waals surface area contributed by atoms with Gasteiger partial charge in [0, 0.05) is 13.0 Å². The summed E-state index contributed by atoms with van der Waals surface area (Å²) >= 11 is 0. The van der Waals surface area contributed by atoms with Crippen molar-refractivity contribution < 1.29 is 14.0 Å². The molecule has 6 nitrogen and oxygen atoms in total. The number of methoxy groups -OCH3 is 1. The molecule has 1 aromatic carbocycles. The molecule has 0 aliphatic heterocycles. The van der Waals surface area contributed by atoms with Crippen LogP contribution in [-0.2, 0) is 19.6 Å². The van der Waals surface area contributed by atoms with E-state index in [1.54, 1.807) is 7.11 Å². The van der Waals surface area contributed by atoms with Crippen LogP contribution >= 0.6 is 0 Å². The van der Waals surface area contributed by atoms with Crippen molar-refractivity contribution in [3.8, 4) is 11.5 Å². The van der Waals surface area contributed by atoms with Gasteiger partial charge in [0.25, 0.3) is 5.89 Å². The Morgan fingerprint density at radius 1 is 1.32 bits per heavy atom. The van der Waals surface area contributed by atoms with Gasteiger partial charge in [-0.15, -0.1) is 0 Å². The summed E-state index contributed by atoms with van der Waals surface area (Å²) in [7, 11) is 1.59. The maximum atomic E-state index is 5.61. The smallest absolute Gasteiger partial charge is 0.264 e. The number of hydrogen-bond acceptors (Lipinski definition) is 6. The fraction of sp³-hybridized carbons (Fsp3) is 0.385. The minimum absolute atomic E-state index is 0.214. The molecule has 0 aliphatic rings. The first-order chi connectivity index (χ1) is 9.26. The van der Waals surface area contributed by atoms with E-state index in [9.17, 15) is 0 Å². The van der Waals surface area contributed by atoms with E-state index in [2.05, 4.69) is 10.1 Å². The molecule has 2 N–H and O–H groups in total. The number of nitrogens with zero attached hydrogens (tertiary/aromatic N) is 2. The molecule has 19 heavy (non-hydrogen) atoms. The fourth-order valence-corrected chi connectivity index (χ4v) is 1.59. The summed E-state index contributed by atoms with van der Waals surface area (Å²) < 4.78 is 15.9. The molecule has 0 bridgehead atoms. The Morgan fingerprint density at radius 3 is 2.79 bits per heavy atom. The molecule has 2 aromatic rings. The summed E-state index contributed by atoms with van der Waals surface area (Å²) in [5.41, 5.74) is 6.56. The average molecular weight is 263 g/mol. The van der Waals surface area contributed by atoms with Crippen molar-refractivity contribution >= 4 is 0 Å². The van der Waals surface area contributed by atoms with Crippen molar-refractivity contribution in [3.63, 3.8) is 0 Å². The summed E-state index contributed by atoms with van der Waals surface area (Å²) in [6.07, 6.45) is 0.734. The standard InChI is InChI=1S/C13H17N3O3/c1-3-12-15-13(19-16-12)8-18-10-5-4-9(7-14)6-11(10)17-2/h4-6H,3,7-8,14H2,1-2H3. The van der Waals surface area contributed by atoms with E-state index in [4.69, 9.17) is 19.7 Å². The third kappa shape index (κ3) is 3.23. The van der Waals surface area contributed by atoms with E-state index in [0.717, 1.165) is 12.0 Å². The highest BCUT2D eigenvalue weighted by molar-refractivity contribution is 5.42. The maximum absolute atomic E-state index is 5.61. The molecule has 102 valence electrons. The third-order valence-corrected chi connectivity index (χ3v) is 2.64. The number of nitrogens with two attached hydrogens (primary N) is 1. The SMILES string of the molecule is CCc1noc(COc2ccc(CN)cc2OC)n1. The second-order valence-electron chi connectivity index (χ2n) is 3.94. The zero-order chi connectivity index (χ0) is 13.7. The predicted molar refractivity (Wildman–Crippen MR) is 68.9 cm³/mol. The molecule has 0 amide bonds. The lowest BCUT2D eigenvalue weighted by Crippen LogP contribution is -2.01. The molecular formula is C13H17N3O3. The molecule has 0 saturated carbocycles. The number of ether oxygens (including phenoxy) is 2. The third-order valence-electron chi connectivity index (χ3n) is 2.64. The number of aromatic nitrogens is 2. The van der Waals surface area contributed by atoms with Gasteiger partial charge in [-0.25, -0.2) is 0 Å². The molecule has 0 aliphatic carbocycles. The second-order valence-corrected chi connectivity index (χ2v) is 3.94. The second kappa shape index (κ2) is 6.19. The Balaban J connectivity index is 2.06. The highest BCUT2D eigenvalue weighted by Gasteiger charge is 2.09. The summed E-state index contributed by atoms with van der Waals surface area (Å²) in [6.45, 7) is 2.63. The maximum Gasteiger partial charge on any atom is 0.264 e. The van der Waals surface area contributed by atoms with Crippen molar-refractivity contribution in [2.45, 2.75) is 26.5 Å². The van der Waals surface area contributed by atoms with Crippen LogP contribution in [0.25, 0.3) is 0 Å². The van der Waals surface area contributed by atoms with Crippen LogP contribution in [0.5, 0.6) is 11.5 Å². The molecule has 0 fully saturated rings. The topological polar surface area (TPSA) is 83.4 Å². The van der Waals surface area contributed by atoms with Gasteiger partial charge in [0.05, 0.1) is 7.11 Å². The lowest BCUT2D eigenvalue weighted by molar-refractivity contribution is 0.233. The van der Waals surface area contributed by atoms with E-state index in [1.807, 2.05) is 25.1 Å². The average Bonchev–Trinajstić information content (AvgIpc) is 2.92. The Bertz CT molecular complexity index is 540. The van der Waals surface area contributed by atoms with E-state index in [1.165, 1.54) is 0 Å². The minimum atomic E-state index is 0.214. The first-order valence-corrected chi connectivity index (χ1v) is 6.08. The van der Waals surface area contributed by atoms with Gasteiger partial charge >= 0.3 is 0 Å². The van der Waals surface area contributed by atoms with Crippen LogP contribution < -0.4 is 15.2 Å². The Hall–Kier alpha value is -2.08. The van der Waals surface area contributed by atoms with E-state index in [0.29, 0.717) is 29.8 Å². The van der Waals surface area contributed by atoms with Crippen molar-refractivity contribution in [3.05, 3.63) is 35.5 Å². The summed E-state index contributed by atoms with van der Waals surface area (Å²) in [4.78, 5) is 4.17. The zero-order valence-corrected chi connectivity index (χ0v) is 11.0. The number of aryl methyl sites for hydroxylation is 1. The molecule has 0 atom stereocenters. The van der Waals surface area contributed by atoms with Gasteiger partial charge in [-0.05, 0) is 17.7 Å². The van der Waals surface area contributed by atoms with Gasteiger partial charge in [0.2, 0.25) is 0 Å². The van der Waals surface area contributed by atoms with Crippen molar-refractivity contribution in [1.29, 1.82) is 0 Å². The molecule has 0 spiro atoms. The molecule has 0 unspecified atom stereocenters. The quantitative estimate of drug-likeness (QED) is 0.853. The highest BCUT2D eigenvalue weighted by atomic mass is 16.5. The van der Waals surface area contributed by atoms with Gasteiger partial charge < -0.3 is 19.7 Å². The zero-order valence-electron chi connectivity index (χ0n) is 11.0. The summed E-state index contributed by atoms with van der Waals surface area (Å²) in [6, 6.07) is 5.56. The van der Waals surface area contributed by atoms with Gasteiger partial charge in [0.1, 0.15) is 0 Å². The molecule has 6 heteroatoms. The van der Waals surface area contributed by atoms with Crippen LogP contribution in [0.1, 0.15) is 24.2 Å². The van der Waals surface area contributed by atoms with Crippen LogP contribution in [0.2, 0.25) is 0 Å². The van der Waals surface area contributed by atoms with E-state index in [-0.39, 0.29) is 6.61 Å². The number of hydrogen-bond donors (Lipinski definition) is 1. The van der Waals surface area contributed by atoms with E-state index >= 15 is 0 Å². The molecule has 0 saturated heterocycles. The van der Waals surface area contributed by atoms with Gasteiger partial charge in [-0.2, -0.15) is 4.98 Å². The van der Waals surface area contributed by atoms with Crippen LogP contribution in [0.15, 0.2) is 22.7 Å². The van der Waals surface area contributed by atoms with Crippen LogP contribution in [0, 0.1) is 0 Å². The van der Waals surface area contributed by atoms with Crippen molar-refractivity contribution in [1.82, 2.24) is 10.1 Å². The fourth-order valence-electron chi connectivity index (χ4n) is 1.59. The largest absolute Gasteiger partial charge is 0.493 e. The van der Waals surface area contributed by atoms with Crippen LogP contribution in [-0.4, -0.2) is 17.3 Å². The first kappa shape index (κ1) is 13.4. The summed E-state index contributed by atoms with van der Waals surface area (Å²) in [5.74, 6) is 2.37. The van der Waals surface area contributed by atoms with Gasteiger partial charge in [-0.1, -0.05) is 18.1 Å². The van der Waals surface area contributed by atoms with Crippen LogP contribution in [0.4, 0.5) is 0 Å². The van der Waals surface area contributed by atoms with Crippen LogP contribution in [0.3, 0.4) is 0 Å². The normalized spacial score (nSPS) is 10.5. The van der Waals surface area contributed by atoms with Gasteiger partial charge in [-0.3, -0.25) is 0 Å². The number of benzene rings is 1. The minimum Gasteiger partial charge on any atom is -0.493 e. The monoisotopic (exact) mass is 263 g/mol. The first-order valence-electron chi connectivity index (χ1n) is 6.08. The Kier molecular flexibility index (Phi) is 4.35. The highest BCUT2D eigenvalue weighted by Crippen LogP contribution is 2.28. The lowest BCUT2D eigenvalue weighted by atomic mass is 10.2. The Labute approximate surface area is 111 Å². The number of rotatable bonds is 6. The lowest BCUT2D eigenvalue weighted by Gasteiger charge is -2.10. The predicted octanol–water partition coefficient (Wildman–Crippen LogP) is 1.68. The molecule has 1 heterocycles. The summed E-state index contributed by atoms with van der Waals surface area (Å²) in [5, 5.41) is 3.80. The van der Waals surface area contributed by atoms with Crippen molar-refractivity contribution in [2.75, 3.05) is 7.11 Å². The molecular weight excluding hydrogens is 246 g/mol. The van der Waals surface area contributed by atoms with Crippen molar-refractivity contribution in [2.24, 2.45) is 5.73 Å². The van der Waals surface area contributed by atoms with Gasteiger partial charge in [0.15, 0.2) is 23.9 Å². The molecule has 2 rings (SSSR count). The Morgan fingerprint density at radius 2 is 2.16 bits per heavy atom. The van der Waals surface area contributed by atoms with E-state index < -0.39 is 0 Å². The molecule has 0 radical (unpaired) electrons. The molecule has 1 aromatic heterocycles.